The normalized spacial score (nSPS) is 10.7. The summed E-state index contributed by atoms with van der Waals surface area (Å²) in [6.07, 6.45) is 0. The number of rotatable bonds is 4. The van der Waals surface area contributed by atoms with Crippen LogP contribution in [0.15, 0.2) is 42.5 Å². The second-order valence-corrected chi connectivity index (χ2v) is 7.66. The van der Waals surface area contributed by atoms with Gasteiger partial charge in [-0.15, -0.1) is 0 Å². The van der Waals surface area contributed by atoms with Crippen LogP contribution in [0.2, 0.25) is 15.1 Å². The van der Waals surface area contributed by atoms with E-state index in [-0.39, 0.29) is 0 Å². The number of aryl methyl sites for hydroxylation is 1. The highest BCUT2D eigenvalue weighted by Gasteiger charge is 2.14. The van der Waals surface area contributed by atoms with Gasteiger partial charge in [0.15, 0.2) is 5.11 Å². The SMILES string of the molecule is Cc1nn(Cc2ccc(Cl)cc2Cl)c(C)c1NC(=S)Nc1ccccc1Cl. The van der Waals surface area contributed by atoms with Gasteiger partial charge in [-0.2, -0.15) is 5.10 Å². The number of hydrogen-bond acceptors (Lipinski definition) is 2. The average Bonchev–Trinajstić information content (AvgIpc) is 2.87. The van der Waals surface area contributed by atoms with Crippen molar-refractivity contribution in [1.82, 2.24) is 9.78 Å². The molecule has 0 aliphatic rings. The summed E-state index contributed by atoms with van der Waals surface area (Å²) in [5.74, 6) is 0. The number of nitrogens with one attached hydrogen (secondary N) is 2. The summed E-state index contributed by atoms with van der Waals surface area (Å²) in [5.41, 5.74) is 4.31. The first-order valence-electron chi connectivity index (χ1n) is 8.15. The summed E-state index contributed by atoms with van der Waals surface area (Å²) in [4.78, 5) is 0. The molecular formula is C19H17Cl3N4S. The first-order valence-corrected chi connectivity index (χ1v) is 9.70. The van der Waals surface area contributed by atoms with Gasteiger partial charge in [0.25, 0.3) is 0 Å². The molecule has 0 atom stereocenters. The maximum Gasteiger partial charge on any atom is 0.175 e. The minimum Gasteiger partial charge on any atom is -0.331 e. The molecule has 0 bridgehead atoms. The largest absolute Gasteiger partial charge is 0.331 e. The van der Waals surface area contributed by atoms with Crippen molar-refractivity contribution in [2.24, 2.45) is 0 Å². The highest BCUT2D eigenvalue weighted by molar-refractivity contribution is 7.80. The lowest BCUT2D eigenvalue weighted by Crippen LogP contribution is -2.20. The van der Waals surface area contributed by atoms with Crippen LogP contribution in [0, 0.1) is 13.8 Å². The summed E-state index contributed by atoms with van der Waals surface area (Å²) < 4.78 is 1.88. The maximum atomic E-state index is 6.28. The monoisotopic (exact) mass is 438 g/mol. The first kappa shape index (κ1) is 20.0. The second-order valence-electron chi connectivity index (χ2n) is 6.00. The van der Waals surface area contributed by atoms with Gasteiger partial charge >= 0.3 is 0 Å². The molecule has 0 unspecified atom stereocenters. The molecule has 0 aliphatic heterocycles. The summed E-state index contributed by atoms with van der Waals surface area (Å²) in [7, 11) is 0. The third-order valence-electron chi connectivity index (χ3n) is 4.08. The Morgan fingerprint density at radius 1 is 1.04 bits per heavy atom. The highest BCUT2D eigenvalue weighted by Crippen LogP contribution is 2.26. The Labute approximate surface area is 178 Å². The lowest BCUT2D eigenvalue weighted by atomic mass is 10.2. The van der Waals surface area contributed by atoms with Crippen molar-refractivity contribution in [3.8, 4) is 0 Å². The third kappa shape index (κ3) is 4.74. The summed E-state index contributed by atoms with van der Waals surface area (Å²) >= 11 is 23.8. The average molecular weight is 440 g/mol. The molecule has 1 aromatic heterocycles. The van der Waals surface area contributed by atoms with Crippen LogP contribution < -0.4 is 10.6 Å². The molecule has 0 fully saturated rings. The van der Waals surface area contributed by atoms with Gasteiger partial charge in [0, 0.05) is 10.0 Å². The topological polar surface area (TPSA) is 41.9 Å². The van der Waals surface area contributed by atoms with Crippen LogP contribution in [-0.4, -0.2) is 14.9 Å². The first-order chi connectivity index (χ1) is 12.8. The van der Waals surface area contributed by atoms with Gasteiger partial charge < -0.3 is 10.6 Å². The Kier molecular flexibility index (Phi) is 6.27. The van der Waals surface area contributed by atoms with Crippen molar-refractivity contribution < 1.29 is 0 Å². The summed E-state index contributed by atoms with van der Waals surface area (Å²) in [5, 5.41) is 13.2. The fraction of sp³-hybridized carbons (Fsp3) is 0.158. The quantitative estimate of drug-likeness (QED) is 0.467. The predicted octanol–water partition coefficient (Wildman–Crippen LogP) is 6.32. The number of nitrogens with zero attached hydrogens (tertiary/aromatic N) is 2. The molecule has 0 spiro atoms. The van der Waals surface area contributed by atoms with Crippen LogP contribution in [0.5, 0.6) is 0 Å². The summed E-state index contributed by atoms with van der Waals surface area (Å²) in [6, 6.07) is 12.9. The number of thiocarbonyl (C=S) groups is 1. The van der Waals surface area contributed by atoms with Gasteiger partial charge in [-0.25, -0.2) is 0 Å². The highest BCUT2D eigenvalue weighted by atomic mass is 35.5. The van der Waals surface area contributed by atoms with Crippen molar-refractivity contribution in [3.05, 3.63) is 74.5 Å². The van der Waals surface area contributed by atoms with Gasteiger partial charge in [0.05, 0.1) is 34.3 Å². The molecule has 4 nitrogen and oxygen atoms in total. The van der Waals surface area contributed by atoms with E-state index in [0.29, 0.717) is 26.7 Å². The minimum absolute atomic E-state index is 0.443. The van der Waals surface area contributed by atoms with Crippen molar-refractivity contribution >= 4 is 63.5 Å². The molecule has 140 valence electrons. The smallest absolute Gasteiger partial charge is 0.175 e. The Hall–Kier alpha value is -1.79. The molecule has 2 aromatic carbocycles. The Morgan fingerprint density at radius 2 is 1.78 bits per heavy atom. The zero-order chi connectivity index (χ0) is 19.6. The third-order valence-corrected chi connectivity index (χ3v) is 5.20. The van der Waals surface area contributed by atoms with Crippen LogP contribution >= 0.6 is 47.0 Å². The van der Waals surface area contributed by atoms with Crippen molar-refractivity contribution in [2.45, 2.75) is 20.4 Å². The summed E-state index contributed by atoms with van der Waals surface area (Å²) in [6.45, 7) is 4.44. The van der Waals surface area contributed by atoms with Gasteiger partial charge in [-0.3, -0.25) is 4.68 Å². The molecule has 3 aromatic rings. The van der Waals surface area contributed by atoms with Gasteiger partial charge in [-0.05, 0) is 55.9 Å². The number of hydrogen-bond donors (Lipinski definition) is 2. The van der Waals surface area contributed by atoms with Crippen molar-refractivity contribution in [2.75, 3.05) is 10.6 Å². The van der Waals surface area contributed by atoms with E-state index >= 15 is 0 Å². The molecule has 0 aliphatic carbocycles. The Morgan fingerprint density at radius 3 is 2.48 bits per heavy atom. The Balaban J connectivity index is 1.77. The number of para-hydroxylation sites is 1. The second kappa shape index (κ2) is 8.48. The lowest BCUT2D eigenvalue weighted by Gasteiger charge is -2.12. The number of anilines is 2. The molecule has 0 saturated heterocycles. The van der Waals surface area contributed by atoms with Crippen molar-refractivity contribution in [1.29, 1.82) is 0 Å². The van der Waals surface area contributed by atoms with Gasteiger partial charge in [0.2, 0.25) is 0 Å². The van der Waals surface area contributed by atoms with Crippen LogP contribution in [0.3, 0.4) is 0 Å². The molecule has 0 amide bonds. The molecule has 8 heteroatoms. The van der Waals surface area contributed by atoms with Crippen LogP contribution in [0.1, 0.15) is 17.0 Å². The number of aromatic nitrogens is 2. The van der Waals surface area contributed by atoms with Crippen LogP contribution in [0.25, 0.3) is 0 Å². The molecule has 2 N–H and O–H groups in total. The number of benzene rings is 2. The van der Waals surface area contributed by atoms with E-state index in [0.717, 1.165) is 28.3 Å². The van der Waals surface area contributed by atoms with Gasteiger partial charge in [-0.1, -0.05) is 53.0 Å². The molecule has 27 heavy (non-hydrogen) atoms. The predicted molar refractivity (Wildman–Crippen MR) is 119 cm³/mol. The van der Waals surface area contributed by atoms with E-state index in [1.807, 2.05) is 48.9 Å². The molecule has 1 heterocycles. The van der Waals surface area contributed by atoms with Gasteiger partial charge in [0.1, 0.15) is 0 Å². The lowest BCUT2D eigenvalue weighted by molar-refractivity contribution is 0.659. The zero-order valence-electron chi connectivity index (χ0n) is 14.7. The van der Waals surface area contributed by atoms with Crippen LogP contribution in [0.4, 0.5) is 11.4 Å². The van der Waals surface area contributed by atoms with E-state index in [2.05, 4.69) is 15.7 Å². The van der Waals surface area contributed by atoms with E-state index in [4.69, 9.17) is 47.0 Å². The Bertz CT molecular complexity index is 1000. The zero-order valence-corrected chi connectivity index (χ0v) is 17.8. The van der Waals surface area contributed by atoms with Crippen molar-refractivity contribution in [3.63, 3.8) is 0 Å². The van der Waals surface area contributed by atoms with Crippen LogP contribution in [-0.2, 0) is 6.54 Å². The minimum atomic E-state index is 0.443. The molecule has 3 rings (SSSR count). The number of halogens is 3. The van der Waals surface area contributed by atoms with E-state index in [1.165, 1.54) is 0 Å². The fourth-order valence-corrected chi connectivity index (χ4v) is 3.54. The molecular weight excluding hydrogens is 423 g/mol. The maximum absolute atomic E-state index is 6.28. The van der Waals surface area contributed by atoms with E-state index < -0.39 is 0 Å². The fourth-order valence-electron chi connectivity index (χ4n) is 2.67. The molecule has 0 saturated carbocycles. The van der Waals surface area contributed by atoms with E-state index in [1.54, 1.807) is 12.1 Å². The molecule has 0 radical (unpaired) electrons. The van der Waals surface area contributed by atoms with E-state index in [9.17, 15) is 0 Å². The standard InChI is InChI=1S/C19H17Cl3N4S/c1-11-18(24-19(27)23-17-6-4-3-5-15(17)21)12(2)26(25-11)10-13-7-8-14(20)9-16(13)22/h3-9H,10H2,1-2H3,(H2,23,24,27).